The zero-order chi connectivity index (χ0) is 14.3. The molecule has 1 aromatic rings. The van der Waals surface area contributed by atoms with Crippen LogP contribution in [0.5, 0.6) is 0 Å². The first-order valence-electron chi connectivity index (χ1n) is 8.65. The van der Waals surface area contributed by atoms with Crippen LogP contribution in [-0.2, 0) is 0 Å². The van der Waals surface area contributed by atoms with Crippen LogP contribution < -0.4 is 5.32 Å². The van der Waals surface area contributed by atoms with E-state index in [1.165, 1.54) is 37.7 Å². The summed E-state index contributed by atoms with van der Waals surface area (Å²) in [6.45, 7) is 1.35. The molecule has 2 N–H and O–H groups in total. The van der Waals surface area contributed by atoms with Crippen molar-refractivity contribution in [3.05, 3.63) is 35.9 Å². The fourth-order valence-electron chi connectivity index (χ4n) is 4.86. The van der Waals surface area contributed by atoms with Crippen molar-refractivity contribution in [2.75, 3.05) is 13.2 Å². The van der Waals surface area contributed by atoms with Gasteiger partial charge in [0, 0.05) is 24.6 Å². The van der Waals surface area contributed by atoms with Gasteiger partial charge >= 0.3 is 0 Å². The van der Waals surface area contributed by atoms with Crippen molar-refractivity contribution in [1.29, 1.82) is 0 Å². The summed E-state index contributed by atoms with van der Waals surface area (Å²) in [4.78, 5) is 0. The molecule has 0 aromatic heterocycles. The Kier molecular flexibility index (Phi) is 3.35. The van der Waals surface area contributed by atoms with E-state index in [0.717, 1.165) is 25.4 Å². The SMILES string of the molecule is OCC1(CNC2CCC23CCC3)CC(c2ccccc2)C1. The van der Waals surface area contributed by atoms with Gasteiger partial charge in [-0.05, 0) is 55.4 Å². The lowest BCUT2D eigenvalue weighted by Crippen LogP contribution is -2.60. The van der Waals surface area contributed by atoms with E-state index in [1.807, 2.05) is 0 Å². The van der Waals surface area contributed by atoms with Crippen molar-refractivity contribution in [3.8, 4) is 0 Å². The molecule has 3 saturated carbocycles. The molecule has 0 saturated heterocycles. The summed E-state index contributed by atoms with van der Waals surface area (Å²) < 4.78 is 0. The third-order valence-electron chi connectivity index (χ3n) is 6.71. The molecule has 4 rings (SSSR count). The van der Waals surface area contributed by atoms with Gasteiger partial charge in [0.15, 0.2) is 0 Å². The maximum Gasteiger partial charge on any atom is 0.0500 e. The average molecular weight is 285 g/mol. The molecular formula is C19H27NO. The van der Waals surface area contributed by atoms with Crippen LogP contribution in [0, 0.1) is 10.8 Å². The summed E-state index contributed by atoms with van der Waals surface area (Å²) in [6, 6.07) is 11.5. The van der Waals surface area contributed by atoms with Crippen molar-refractivity contribution < 1.29 is 5.11 Å². The van der Waals surface area contributed by atoms with Gasteiger partial charge in [-0.1, -0.05) is 36.8 Å². The molecule has 0 radical (unpaired) electrons. The van der Waals surface area contributed by atoms with E-state index >= 15 is 0 Å². The molecule has 1 unspecified atom stereocenters. The number of hydrogen-bond donors (Lipinski definition) is 2. The van der Waals surface area contributed by atoms with E-state index in [-0.39, 0.29) is 5.41 Å². The van der Waals surface area contributed by atoms with E-state index < -0.39 is 0 Å². The predicted molar refractivity (Wildman–Crippen MR) is 85.2 cm³/mol. The topological polar surface area (TPSA) is 32.3 Å². The second kappa shape index (κ2) is 5.10. The Morgan fingerprint density at radius 1 is 1.10 bits per heavy atom. The molecular weight excluding hydrogens is 258 g/mol. The maximum absolute atomic E-state index is 9.87. The monoisotopic (exact) mass is 285 g/mol. The number of aliphatic hydroxyl groups excluding tert-OH is 1. The summed E-state index contributed by atoms with van der Waals surface area (Å²) in [5.74, 6) is 0.652. The van der Waals surface area contributed by atoms with E-state index in [2.05, 4.69) is 35.6 Å². The summed E-state index contributed by atoms with van der Waals surface area (Å²) >= 11 is 0. The minimum absolute atomic E-state index is 0.140. The van der Waals surface area contributed by atoms with Gasteiger partial charge in [-0.2, -0.15) is 0 Å². The summed E-state index contributed by atoms with van der Waals surface area (Å²) in [6.07, 6.45) is 9.36. The Morgan fingerprint density at radius 3 is 2.38 bits per heavy atom. The minimum Gasteiger partial charge on any atom is -0.396 e. The van der Waals surface area contributed by atoms with E-state index in [9.17, 15) is 5.11 Å². The fraction of sp³-hybridized carbons (Fsp3) is 0.684. The van der Waals surface area contributed by atoms with E-state index in [0.29, 0.717) is 17.9 Å². The minimum atomic E-state index is 0.140. The second-order valence-electron chi connectivity index (χ2n) is 7.86. The van der Waals surface area contributed by atoms with Crippen molar-refractivity contribution in [3.63, 3.8) is 0 Å². The van der Waals surface area contributed by atoms with E-state index in [1.54, 1.807) is 0 Å². The molecule has 0 heterocycles. The molecule has 2 heteroatoms. The highest BCUT2D eigenvalue weighted by Gasteiger charge is 2.52. The number of nitrogens with one attached hydrogen (secondary N) is 1. The van der Waals surface area contributed by atoms with Crippen LogP contribution in [0.15, 0.2) is 30.3 Å². The fourth-order valence-corrected chi connectivity index (χ4v) is 4.86. The normalized spacial score (nSPS) is 36.6. The van der Waals surface area contributed by atoms with Crippen molar-refractivity contribution in [2.45, 2.75) is 56.9 Å². The lowest BCUT2D eigenvalue weighted by molar-refractivity contribution is -0.0383. The Hall–Kier alpha value is -0.860. The predicted octanol–water partition coefficient (Wildman–Crippen LogP) is 3.47. The first-order valence-corrected chi connectivity index (χ1v) is 8.65. The molecule has 2 nitrogen and oxygen atoms in total. The number of hydrogen-bond acceptors (Lipinski definition) is 2. The van der Waals surface area contributed by atoms with Crippen LogP contribution in [0.4, 0.5) is 0 Å². The standard InChI is InChI=1S/C19H27NO/c21-14-18(11-16(12-18)15-5-2-1-3-6-15)13-20-17-7-10-19(17)8-4-9-19/h1-3,5-6,16-17,20-21H,4,7-14H2. The molecule has 1 atom stereocenters. The van der Waals surface area contributed by atoms with E-state index in [4.69, 9.17) is 0 Å². The van der Waals surface area contributed by atoms with Gasteiger partial charge < -0.3 is 10.4 Å². The van der Waals surface area contributed by atoms with Gasteiger partial charge in [0.1, 0.15) is 0 Å². The van der Waals surface area contributed by atoms with Crippen LogP contribution in [0.3, 0.4) is 0 Å². The number of benzene rings is 1. The maximum atomic E-state index is 9.87. The average Bonchev–Trinajstić information content (AvgIpc) is 2.40. The highest BCUT2D eigenvalue weighted by Crippen LogP contribution is 2.56. The van der Waals surface area contributed by atoms with Crippen LogP contribution in [0.2, 0.25) is 0 Å². The van der Waals surface area contributed by atoms with Gasteiger partial charge in [-0.15, -0.1) is 0 Å². The van der Waals surface area contributed by atoms with Crippen LogP contribution >= 0.6 is 0 Å². The molecule has 3 fully saturated rings. The highest BCUT2D eigenvalue weighted by molar-refractivity contribution is 5.24. The van der Waals surface area contributed by atoms with Crippen LogP contribution in [0.1, 0.15) is 56.4 Å². The molecule has 3 aliphatic carbocycles. The third-order valence-corrected chi connectivity index (χ3v) is 6.71. The molecule has 114 valence electrons. The highest BCUT2D eigenvalue weighted by atomic mass is 16.3. The zero-order valence-electron chi connectivity index (χ0n) is 12.9. The number of rotatable bonds is 5. The third kappa shape index (κ3) is 2.24. The zero-order valence-corrected chi connectivity index (χ0v) is 12.9. The molecule has 0 bridgehead atoms. The van der Waals surface area contributed by atoms with Crippen molar-refractivity contribution >= 4 is 0 Å². The van der Waals surface area contributed by atoms with Gasteiger partial charge in [0.2, 0.25) is 0 Å². The Labute approximate surface area is 128 Å². The first kappa shape index (κ1) is 13.8. The summed E-state index contributed by atoms with van der Waals surface area (Å²) in [5, 5.41) is 13.7. The number of aliphatic hydroxyl groups is 1. The van der Waals surface area contributed by atoms with Crippen molar-refractivity contribution in [2.24, 2.45) is 10.8 Å². The second-order valence-corrected chi connectivity index (χ2v) is 7.86. The summed E-state index contributed by atoms with van der Waals surface area (Å²) in [7, 11) is 0. The van der Waals surface area contributed by atoms with Crippen molar-refractivity contribution in [1.82, 2.24) is 5.32 Å². The molecule has 21 heavy (non-hydrogen) atoms. The Bertz CT molecular complexity index is 482. The molecule has 1 spiro atoms. The molecule has 0 amide bonds. The van der Waals surface area contributed by atoms with Gasteiger partial charge in [-0.25, -0.2) is 0 Å². The van der Waals surface area contributed by atoms with Gasteiger partial charge in [-0.3, -0.25) is 0 Å². The van der Waals surface area contributed by atoms with Crippen LogP contribution in [-0.4, -0.2) is 24.3 Å². The largest absolute Gasteiger partial charge is 0.396 e. The van der Waals surface area contributed by atoms with Gasteiger partial charge in [0.05, 0.1) is 0 Å². The Balaban J connectivity index is 1.32. The first-order chi connectivity index (χ1) is 10.3. The molecule has 3 aliphatic rings. The molecule has 1 aromatic carbocycles. The lowest BCUT2D eigenvalue weighted by Gasteiger charge is -2.58. The van der Waals surface area contributed by atoms with Gasteiger partial charge in [0.25, 0.3) is 0 Å². The smallest absolute Gasteiger partial charge is 0.0500 e. The quantitative estimate of drug-likeness (QED) is 0.868. The summed E-state index contributed by atoms with van der Waals surface area (Å²) in [5.41, 5.74) is 2.25. The van der Waals surface area contributed by atoms with Crippen LogP contribution in [0.25, 0.3) is 0 Å². The Morgan fingerprint density at radius 2 is 1.86 bits per heavy atom. The lowest BCUT2D eigenvalue weighted by atomic mass is 9.52. The molecule has 0 aliphatic heterocycles.